The van der Waals surface area contributed by atoms with Gasteiger partial charge in [0.05, 0.1) is 28.0 Å². The maximum absolute atomic E-state index is 5.92. The van der Waals surface area contributed by atoms with Crippen LogP contribution in [0.2, 0.25) is 5.02 Å². The maximum atomic E-state index is 5.92. The molecule has 2 aromatic heterocycles. The minimum absolute atomic E-state index is 0.242. The predicted molar refractivity (Wildman–Crippen MR) is 87.9 cm³/mol. The van der Waals surface area contributed by atoms with Crippen molar-refractivity contribution in [2.45, 2.75) is 26.3 Å². The van der Waals surface area contributed by atoms with E-state index in [0.717, 1.165) is 17.1 Å². The van der Waals surface area contributed by atoms with Crippen molar-refractivity contribution >= 4 is 22.9 Å². The summed E-state index contributed by atoms with van der Waals surface area (Å²) in [7, 11) is 0. The molecule has 3 nitrogen and oxygen atoms in total. The van der Waals surface area contributed by atoms with Crippen LogP contribution in [-0.2, 0) is 6.42 Å². The molecule has 1 aromatic carbocycles. The van der Waals surface area contributed by atoms with E-state index in [1.54, 1.807) is 17.5 Å². The summed E-state index contributed by atoms with van der Waals surface area (Å²) in [5.41, 5.74) is 2.26. The Balaban J connectivity index is 1.81. The first-order valence-electron chi connectivity index (χ1n) is 6.85. The summed E-state index contributed by atoms with van der Waals surface area (Å²) in [6.45, 7) is 4.25. The summed E-state index contributed by atoms with van der Waals surface area (Å²) in [6.07, 6.45) is 4.38. The number of hydrogen-bond acceptors (Lipinski definition) is 3. The molecule has 2 heterocycles. The van der Waals surface area contributed by atoms with Crippen LogP contribution < -0.4 is 0 Å². The molecule has 0 aliphatic carbocycles. The molecule has 0 saturated carbocycles. The Bertz CT molecular complexity index is 733. The predicted octanol–water partition coefficient (Wildman–Crippen LogP) is 4.77. The summed E-state index contributed by atoms with van der Waals surface area (Å²) >= 11 is 7.67. The van der Waals surface area contributed by atoms with E-state index >= 15 is 0 Å². The van der Waals surface area contributed by atoms with Gasteiger partial charge in [-0.1, -0.05) is 41.9 Å². The van der Waals surface area contributed by atoms with Gasteiger partial charge in [-0.15, -0.1) is 11.3 Å². The van der Waals surface area contributed by atoms with Crippen LogP contribution in [0.3, 0.4) is 0 Å². The van der Waals surface area contributed by atoms with Crippen molar-refractivity contribution in [1.29, 1.82) is 0 Å². The van der Waals surface area contributed by atoms with Gasteiger partial charge in [0, 0.05) is 23.1 Å². The largest absolute Gasteiger partial charge is 0.268 e. The summed E-state index contributed by atoms with van der Waals surface area (Å²) < 4.78 is 1.89. The van der Waals surface area contributed by atoms with Crippen LogP contribution in [0.15, 0.2) is 42.7 Å². The SMILES string of the molecule is Cc1sc(CC(C)n2cc(Cl)cn2)nc1-c1ccccc1. The molecule has 21 heavy (non-hydrogen) atoms. The van der Waals surface area contributed by atoms with Gasteiger partial charge < -0.3 is 0 Å². The molecule has 0 aliphatic heterocycles. The zero-order valence-corrected chi connectivity index (χ0v) is 13.5. The van der Waals surface area contributed by atoms with Gasteiger partial charge >= 0.3 is 0 Å². The van der Waals surface area contributed by atoms with Gasteiger partial charge in [-0.05, 0) is 13.8 Å². The second-order valence-electron chi connectivity index (χ2n) is 5.07. The van der Waals surface area contributed by atoms with E-state index in [4.69, 9.17) is 16.6 Å². The van der Waals surface area contributed by atoms with Gasteiger partial charge in [-0.2, -0.15) is 5.10 Å². The normalized spacial score (nSPS) is 12.5. The third-order valence-corrected chi connectivity index (χ3v) is 4.57. The van der Waals surface area contributed by atoms with E-state index in [-0.39, 0.29) is 6.04 Å². The molecule has 0 N–H and O–H groups in total. The lowest BCUT2D eigenvalue weighted by Crippen LogP contribution is -2.08. The Morgan fingerprint density at radius 3 is 2.71 bits per heavy atom. The Labute approximate surface area is 133 Å². The van der Waals surface area contributed by atoms with Gasteiger partial charge in [-0.3, -0.25) is 4.68 Å². The highest BCUT2D eigenvalue weighted by molar-refractivity contribution is 7.12. The fourth-order valence-corrected chi connectivity index (χ4v) is 3.52. The Morgan fingerprint density at radius 2 is 2.05 bits per heavy atom. The monoisotopic (exact) mass is 317 g/mol. The van der Waals surface area contributed by atoms with Crippen LogP contribution in [0.4, 0.5) is 0 Å². The van der Waals surface area contributed by atoms with Crippen LogP contribution in [0.1, 0.15) is 22.9 Å². The molecule has 3 aromatic rings. The lowest BCUT2D eigenvalue weighted by Gasteiger charge is -2.09. The number of hydrogen-bond donors (Lipinski definition) is 0. The zero-order valence-electron chi connectivity index (χ0n) is 12.0. The molecule has 1 atom stereocenters. The van der Waals surface area contributed by atoms with E-state index in [9.17, 15) is 0 Å². The van der Waals surface area contributed by atoms with Crippen LogP contribution in [0.5, 0.6) is 0 Å². The van der Waals surface area contributed by atoms with E-state index in [1.807, 2.05) is 29.1 Å². The number of aromatic nitrogens is 3. The quantitative estimate of drug-likeness (QED) is 0.693. The van der Waals surface area contributed by atoms with Crippen molar-refractivity contribution in [2.75, 3.05) is 0 Å². The molecule has 108 valence electrons. The summed E-state index contributed by atoms with van der Waals surface area (Å²) in [4.78, 5) is 6.05. The van der Waals surface area contributed by atoms with Crippen LogP contribution in [0.25, 0.3) is 11.3 Å². The Hall–Kier alpha value is -1.65. The van der Waals surface area contributed by atoms with Crippen molar-refractivity contribution < 1.29 is 0 Å². The minimum Gasteiger partial charge on any atom is -0.268 e. The Kier molecular flexibility index (Phi) is 4.08. The third kappa shape index (κ3) is 3.17. The molecule has 5 heteroatoms. The molecule has 3 rings (SSSR count). The summed E-state index contributed by atoms with van der Waals surface area (Å²) in [5, 5.41) is 6.06. The summed E-state index contributed by atoms with van der Waals surface area (Å²) in [5.74, 6) is 0. The molecular weight excluding hydrogens is 302 g/mol. The topological polar surface area (TPSA) is 30.7 Å². The molecule has 1 unspecified atom stereocenters. The lowest BCUT2D eigenvalue weighted by atomic mass is 10.1. The van der Waals surface area contributed by atoms with Crippen molar-refractivity contribution in [1.82, 2.24) is 14.8 Å². The standard InChI is InChI=1S/C16H16ClN3S/c1-11(20-10-14(17)9-18-20)8-15-19-16(12(2)21-15)13-6-4-3-5-7-13/h3-7,9-11H,8H2,1-2H3. The van der Waals surface area contributed by atoms with Gasteiger partial charge in [0.1, 0.15) is 0 Å². The van der Waals surface area contributed by atoms with Crippen LogP contribution in [-0.4, -0.2) is 14.8 Å². The number of rotatable bonds is 4. The van der Waals surface area contributed by atoms with Crippen molar-refractivity contribution in [3.63, 3.8) is 0 Å². The smallest absolute Gasteiger partial charge is 0.0956 e. The van der Waals surface area contributed by atoms with E-state index < -0.39 is 0 Å². The molecule has 0 spiro atoms. The molecule has 0 radical (unpaired) electrons. The van der Waals surface area contributed by atoms with E-state index in [0.29, 0.717) is 5.02 Å². The lowest BCUT2D eigenvalue weighted by molar-refractivity contribution is 0.488. The molecular formula is C16H16ClN3S. The Morgan fingerprint density at radius 1 is 1.29 bits per heavy atom. The van der Waals surface area contributed by atoms with E-state index in [2.05, 4.69) is 31.1 Å². The number of aryl methyl sites for hydroxylation is 1. The average Bonchev–Trinajstić information content (AvgIpc) is 3.06. The number of nitrogens with zero attached hydrogens (tertiary/aromatic N) is 3. The number of benzene rings is 1. The highest BCUT2D eigenvalue weighted by Gasteiger charge is 2.13. The molecule has 0 fully saturated rings. The van der Waals surface area contributed by atoms with Crippen LogP contribution >= 0.6 is 22.9 Å². The highest BCUT2D eigenvalue weighted by atomic mass is 35.5. The number of thiazole rings is 1. The summed E-state index contributed by atoms with van der Waals surface area (Å²) in [6, 6.07) is 10.6. The van der Waals surface area contributed by atoms with Gasteiger partial charge in [0.2, 0.25) is 0 Å². The van der Waals surface area contributed by atoms with Crippen molar-refractivity contribution in [2.24, 2.45) is 0 Å². The molecule has 0 saturated heterocycles. The molecule has 0 bridgehead atoms. The zero-order chi connectivity index (χ0) is 14.8. The van der Waals surface area contributed by atoms with Gasteiger partial charge in [0.15, 0.2) is 0 Å². The first kappa shape index (κ1) is 14.3. The number of halogens is 1. The maximum Gasteiger partial charge on any atom is 0.0956 e. The third-order valence-electron chi connectivity index (χ3n) is 3.38. The second kappa shape index (κ2) is 6.00. The second-order valence-corrected chi connectivity index (χ2v) is 6.79. The minimum atomic E-state index is 0.242. The van der Waals surface area contributed by atoms with E-state index in [1.165, 1.54) is 10.4 Å². The van der Waals surface area contributed by atoms with Crippen molar-refractivity contribution in [3.8, 4) is 11.3 Å². The molecule has 0 aliphatic rings. The van der Waals surface area contributed by atoms with Crippen LogP contribution in [0, 0.1) is 6.92 Å². The van der Waals surface area contributed by atoms with Gasteiger partial charge in [0.25, 0.3) is 0 Å². The fraction of sp³-hybridized carbons (Fsp3) is 0.250. The van der Waals surface area contributed by atoms with Gasteiger partial charge in [-0.25, -0.2) is 4.98 Å². The molecule has 0 amide bonds. The van der Waals surface area contributed by atoms with Crippen molar-refractivity contribution in [3.05, 3.63) is 57.6 Å². The first-order valence-corrected chi connectivity index (χ1v) is 8.04. The first-order chi connectivity index (χ1) is 10.1. The fourth-order valence-electron chi connectivity index (χ4n) is 2.30. The average molecular weight is 318 g/mol. The highest BCUT2D eigenvalue weighted by Crippen LogP contribution is 2.29.